The van der Waals surface area contributed by atoms with Gasteiger partial charge in [0.2, 0.25) is 0 Å². The number of rotatable bonds is 2. The van der Waals surface area contributed by atoms with E-state index in [1.54, 1.807) is 0 Å². The van der Waals surface area contributed by atoms with Crippen molar-refractivity contribution in [1.82, 2.24) is 5.32 Å². The van der Waals surface area contributed by atoms with Crippen molar-refractivity contribution in [2.75, 3.05) is 6.61 Å². The van der Waals surface area contributed by atoms with Gasteiger partial charge in [0.05, 0.1) is 17.7 Å². The fourth-order valence-electron chi connectivity index (χ4n) is 2.61. The standard InChI is InChI=1S/C14H15F6NO/c15-13(16,17)9-4-8(5-10(6-9)14(18,19)20)12-3-1-2-11(7-22)21-12/h4-6,11-12,21-22H,1-3,7H2. The minimum atomic E-state index is -4.85. The van der Waals surface area contributed by atoms with Gasteiger partial charge in [-0.1, -0.05) is 0 Å². The number of aliphatic hydroxyl groups excluding tert-OH is 1. The molecule has 8 heteroatoms. The third kappa shape index (κ3) is 3.92. The number of hydrogen-bond acceptors (Lipinski definition) is 2. The average Bonchev–Trinajstić information content (AvgIpc) is 2.45. The second kappa shape index (κ2) is 6.08. The highest BCUT2D eigenvalue weighted by Crippen LogP contribution is 2.38. The summed E-state index contributed by atoms with van der Waals surface area (Å²) in [5.74, 6) is 0. The molecule has 124 valence electrons. The van der Waals surface area contributed by atoms with Gasteiger partial charge >= 0.3 is 12.4 Å². The van der Waals surface area contributed by atoms with E-state index in [0.29, 0.717) is 19.3 Å². The Hall–Kier alpha value is -1.28. The summed E-state index contributed by atoms with van der Waals surface area (Å²) in [4.78, 5) is 0. The molecule has 2 nitrogen and oxygen atoms in total. The van der Waals surface area contributed by atoms with E-state index in [0.717, 1.165) is 12.1 Å². The van der Waals surface area contributed by atoms with Crippen LogP contribution in [0.3, 0.4) is 0 Å². The van der Waals surface area contributed by atoms with Crippen LogP contribution in [0.25, 0.3) is 0 Å². The Morgan fingerprint density at radius 3 is 1.95 bits per heavy atom. The molecule has 0 bridgehead atoms. The first kappa shape index (κ1) is 17.1. The van der Waals surface area contributed by atoms with Crippen LogP contribution in [-0.2, 0) is 12.4 Å². The van der Waals surface area contributed by atoms with E-state index < -0.39 is 29.5 Å². The molecule has 1 aromatic carbocycles. The molecule has 2 unspecified atom stereocenters. The first-order valence-electron chi connectivity index (χ1n) is 6.77. The Morgan fingerprint density at radius 2 is 1.50 bits per heavy atom. The Kier molecular flexibility index (Phi) is 4.72. The van der Waals surface area contributed by atoms with Gasteiger partial charge in [0.1, 0.15) is 0 Å². The Morgan fingerprint density at radius 1 is 0.955 bits per heavy atom. The van der Waals surface area contributed by atoms with Crippen LogP contribution < -0.4 is 5.32 Å². The third-order valence-corrected chi connectivity index (χ3v) is 3.72. The summed E-state index contributed by atoms with van der Waals surface area (Å²) in [5, 5.41) is 12.0. The van der Waals surface area contributed by atoms with Crippen LogP contribution in [-0.4, -0.2) is 17.8 Å². The molecular formula is C14H15F6NO. The number of benzene rings is 1. The van der Waals surface area contributed by atoms with Crippen molar-refractivity contribution in [1.29, 1.82) is 0 Å². The van der Waals surface area contributed by atoms with Gasteiger partial charge < -0.3 is 10.4 Å². The van der Waals surface area contributed by atoms with Crippen LogP contribution in [0.5, 0.6) is 0 Å². The summed E-state index contributed by atoms with van der Waals surface area (Å²) >= 11 is 0. The summed E-state index contributed by atoms with van der Waals surface area (Å²) in [5.41, 5.74) is -2.68. The van der Waals surface area contributed by atoms with E-state index in [-0.39, 0.29) is 24.3 Å². The molecule has 1 saturated heterocycles. The van der Waals surface area contributed by atoms with E-state index in [4.69, 9.17) is 5.11 Å². The smallest absolute Gasteiger partial charge is 0.395 e. The molecule has 2 N–H and O–H groups in total. The maximum Gasteiger partial charge on any atom is 0.416 e. The van der Waals surface area contributed by atoms with Gasteiger partial charge in [-0.25, -0.2) is 0 Å². The zero-order valence-corrected chi connectivity index (χ0v) is 11.4. The monoisotopic (exact) mass is 327 g/mol. The van der Waals surface area contributed by atoms with E-state index in [1.807, 2.05) is 0 Å². The number of nitrogens with one attached hydrogen (secondary N) is 1. The summed E-state index contributed by atoms with van der Waals surface area (Å²) in [6, 6.07) is 0.659. The molecular weight excluding hydrogens is 312 g/mol. The van der Waals surface area contributed by atoms with E-state index in [2.05, 4.69) is 5.32 Å². The molecule has 0 amide bonds. The van der Waals surface area contributed by atoms with Gasteiger partial charge in [0, 0.05) is 12.1 Å². The quantitative estimate of drug-likeness (QED) is 0.808. The minimum Gasteiger partial charge on any atom is -0.395 e. The van der Waals surface area contributed by atoms with Crippen LogP contribution in [0, 0.1) is 0 Å². The first-order valence-corrected chi connectivity index (χ1v) is 6.77. The van der Waals surface area contributed by atoms with Crippen LogP contribution in [0.1, 0.15) is 42.0 Å². The maximum atomic E-state index is 12.8. The zero-order chi connectivity index (χ0) is 16.5. The van der Waals surface area contributed by atoms with Crippen molar-refractivity contribution >= 4 is 0 Å². The van der Waals surface area contributed by atoms with Crippen molar-refractivity contribution < 1.29 is 31.4 Å². The largest absolute Gasteiger partial charge is 0.416 e. The molecule has 0 saturated carbocycles. The average molecular weight is 327 g/mol. The molecule has 0 aromatic heterocycles. The lowest BCUT2D eigenvalue weighted by atomic mass is 9.91. The van der Waals surface area contributed by atoms with Gasteiger partial charge in [0.25, 0.3) is 0 Å². The summed E-state index contributed by atoms with van der Waals surface area (Å²) in [7, 11) is 0. The Labute approximate surface area is 123 Å². The second-order valence-electron chi connectivity index (χ2n) is 5.37. The molecule has 0 spiro atoms. The minimum absolute atomic E-state index is 0.0553. The fraction of sp³-hybridized carbons (Fsp3) is 0.571. The lowest BCUT2D eigenvalue weighted by Crippen LogP contribution is -2.39. The number of halogens is 6. The molecule has 1 aliphatic rings. The molecule has 0 radical (unpaired) electrons. The number of hydrogen-bond donors (Lipinski definition) is 2. The molecule has 1 aromatic rings. The summed E-state index contributed by atoms with van der Waals surface area (Å²) in [6.45, 7) is -0.207. The van der Waals surface area contributed by atoms with Crippen molar-refractivity contribution in [2.24, 2.45) is 0 Å². The van der Waals surface area contributed by atoms with E-state index in [1.165, 1.54) is 0 Å². The number of aliphatic hydroxyl groups is 1. The van der Waals surface area contributed by atoms with Crippen molar-refractivity contribution in [3.8, 4) is 0 Å². The van der Waals surface area contributed by atoms with Gasteiger partial charge in [-0.15, -0.1) is 0 Å². The zero-order valence-electron chi connectivity index (χ0n) is 11.4. The summed E-state index contributed by atoms with van der Waals surface area (Å²) in [6.07, 6.45) is -8.00. The molecule has 2 atom stereocenters. The Balaban J connectivity index is 2.42. The predicted molar refractivity (Wildman–Crippen MR) is 67.0 cm³/mol. The predicted octanol–water partition coefficient (Wildman–Crippen LogP) is 3.90. The first-order chi connectivity index (χ1) is 10.1. The number of piperidine rings is 1. The highest BCUT2D eigenvalue weighted by Gasteiger charge is 2.37. The topological polar surface area (TPSA) is 32.3 Å². The van der Waals surface area contributed by atoms with Crippen LogP contribution in [0.4, 0.5) is 26.3 Å². The molecule has 1 aliphatic heterocycles. The van der Waals surface area contributed by atoms with Crippen LogP contribution in [0.2, 0.25) is 0 Å². The second-order valence-corrected chi connectivity index (χ2v) is 5.37. The fourth-order valence-corrected chi connectivity index (χ4v) is 2.61. The van der Waals surface area contributed by atoms with Gasteiger partial charge in [0.15, 0.2) is 0 Å². The third-order valence-electron chi connectivity index (χ3n) is 3.72. The maximum absolute atomic E-state index is 12.8. The molecule has 1 heterocycles. The lowest BCUT2D eigenvalue weighted by Gasteiger charge is -2.31. The molecule has 22 heavy (non-hydrogen) atoms. The lowest BCUT2D eigenvalue weighted by molar-refractivity contribution is -0.143. The SMILES string of the molecule is OCC1CCCC(c2cc(C(F)(F)F)cc(C(F)(F)F)c2)N1. The Bertz CT molecular complexity index is 493. The molecule has 1 fully saturated rings. The molecule has 2 rings (SSSR count). The summed E-state index contributed by atoms with van der Waals surface area (Å²) < 4.78 is 76.9. The molecule has 0 aliphatic carbocycles. The van der Waals surface area contributed by atoms with Gasteiger partial charge in [-0.05, 0) is 43.0 Å². The van der Waals surface area contributed by atoms with E-state index in [9.17, 15) is 26.3 Å². The van der Waals surface area contributed by atoms with Gasteiger partial charge in [-0.3, -0.25) is 0 Å². The normalized spacial score (nSPS) is 23.6. The van der Waals surface area contributed by atoms with Gasteiger partial charge in [-0.2, -0.15) is 26.3 Å². The van der Waals surface area contributed by atoms with Crippen LogP contribution in [0.15, 0.2) is 18.2 Å². The number of alkyl halides is 6. The van der Waals surface area contributed by atoms with E-state index >= 15 is 0 Å². The van der Waals surface area contributed by atoms with Crippen LogP contribution >= 0.6 is 0 Å². The highest BCUT2D eigenvalue weighted by molar-refractivity contribution is 5.35. The van der Waals surface area contributed by atoms with Crippen molar-refractivity contribution in [2.45, 2.75) is 43.7 Å². The van der Waals surface area contributed by atoms with Crippen molar-refractivity contribution in [3.63, 3.8) is 0 Å². The highest BCUT2D eigenvalue weighted by atomic mass is 19.4. The van der Waals surface area contributed by atoms with Crippen molar-refractivity contribution in [3.05, 3.63) is 34.9 Å².